The van der Waals surface area contributed by atoms with E-state index in [9.17, 15) is 5.11 Å². The van der Waals surface area contributed by atoms with Crippen LogP contribution in [0.4, 0.5) is 0 Å². The first-order valence-electron chi connectivity index (χ1n) is 6.54. The summed E-state index contributed by atoms with van der Waals surface area (Å²) >= 11 is 0. The van der Waals surface area contributed by atoms with Crippen molar-refractivity contribution in [2.75, 3.05) is 13.1 Å². The van der Waals surface area contributed by atoms with Gasteiger partial charge >= 0.3 is 0 Å². The Hall–Kier alpha value is -0.0800. The highest BCUT2D eigenvalue weighted by molar-refractivity contribution is 4.86. The molecule has 0 atom stereocenters. The number of aliphatic hydroxyl groups is 1. The van der Waals surface area contributed by atoms with Gasteiger partial charge in [0.2, 0.25) is 0 Å². The first-order valence-corrected chi connectivity index (χ1v) is 6.54. The van der Waals surface area contributed by atoms with Gasteiger partial charge in [0.25, 0.3) is 0 Å². The highest BCUT2D eigenvalue weighted by Crippen LogP contribution is 2.28. The largest absolute Gasteiger partial charge is 0.390 e. The Morgan fingerprint density at radius 1 is 1.20 bits per heavy atom. The Kier molecular flexibility index (Phi) is 5.07. The number of nitrogens with zero attached hydrogens (tertiary/aromatic N) is 1. The van der Waals surface area contributed by atoms with Gasteiger partial charge in [-0.15, -0.1) is 0 Å². The molecule has 0 radical (unpaired) electrons. The Morgan fingerprint density at radius 3 is 2.27 bits per heavy atom. The molecular weight excluding hydrogens is 186 g/mol. The zero-order chi connectivity index (χ0) is 11.3. The molecule has 0 saturated carbocycles. The van der Waals surface area contributed by atoms with E-state index < -0.39 is 0 Å². The fourth-order valence-electron chi connectivity index (χ4n) is 2.41. The van der Waals surface area contributed by atoms with E-state index in [2.05, 4.69) is 25.7 Å². The lowest BCUT2D eigenvalue weighted by molar-refractivity contribution is -0.0352. The summed E-state index contributed by atoms with van der Waals surface area (Å²) in [6.07, 6.45) is 6.63. The van der Waals surface area contributed by atoms with Crippen LogP contribution in [-0.2, 0) is 0 Å². The van der Waals surface area contributed by atoms with Crippen molar-refractivity contribution >= 4 is 0 Å². The fraction of sp³-hybridized carbons (Fsp3) is 1.00. The average molecular weight is 213 g/mol. The minimum atomic E-state index is -0.347. The summed E-state index contributed by atoms with van der Waals surface area (Å²) in [7, 11) is 0. The topological polar surface area (TPSA) is 23.5 Å². The minimum Gasteiger partial charge on any atom is -0.390 e. The molecule has 1 heterocycles. The second kappa shape index (κ2) is 5.86. The smallest absolute Gasteiger partial charge is 0.0672 e. The Balaban J connectivity index is 2.27. The van der Waals surface area contributed by atoms with E-state index in [1.54, 1.807) is 0 Å². The third-order valence-corrected chi connectivity index (χ3v) is 3.70. The zero-order valence-corrected chi connectivity index (χ0v) is 10.6. The molecule has 1 aliphatic rings. The summed E-state index contributed by atoms with van der Waals surface area (Å²) < 4.78 is 0. The molecule has 2 heteroatoms. The van der Waals surface area contributed by atoms with E-state index >= 15 is 0 Å². The lowest BCUT2D eigenvalue weighted by atomic mass is 9.86. The normalized spacial score (nSPS) is 22.2. The lowest BCUT2D eigenvalue weighted by Crippen LogP contribution is -2.46. The summed E-state index contributed by atoms with van der Waals surface area (Å²) in [4.78, 5) is 2.47. The summed E-state index contributed by atoms with van der Waals surface area (Å²) in [6, 6.07) is 0.630. The van der Waals surface area contributed by atoms with Gasteiger partial charge in [0.15, 0.2) is 0 Å². The van der Waals surface area contributed by atoms with Gasteiger partial charge < -0.3 is 10.0 Å². The maximum Gasteiger partial charge on any atom is 0.0672 e. The molecule has 2 nitrogen and oxygen atoms in total. The van der Waals surface area contributed by atoms with Crippen LogP contribution >= 0.6 is 0 Å². The van der Waals surface area contributed by atoms with Crippen LogP contribution in [-0.4, -0.2) is 34.7 Å². The fourth-order valence-corrected chi connectivity index (χ4v) is 2.41. The molecule has 0 aliphatic carbocycles. The maximum atomic E-state index is 10.4. The van der Waals surface area contributed by atoms with E-state index in [4.69, 9.17) is 0 Å². The van der Waals surface area contributed by atoms with Crippen LogP contribution in [0, 0.1) is 0 Å². The Morgan fingerprint density at radius 2 is 1.80 bits per heavy atom. The van der Waals surface area contributed by atoms with Gasteiger partial charge in [-0.05, 0) is 33.1 Å². The molecule has 0 spiro atoms. The van der Waals surface area contributed by atoms with E-state index in [0.29, 0.717) is 6.04 Å². The molecule has 1 rings (SSSR count). The van der Waals surface area contributed by atoms with Crippen LogP contribution in [0.1, 0.15) is 59.3 Å². The summed E-state index contributed by atoms with van der Waals surface area (Å²) in [6.45, 7) is 8.83. The van der Waals surface area contributed by atoms with E-state index in [1.165, 1.54) is 19.3 Å². The number of rotatable bonds is 5. The molecule has 0 unspecified atom stereocenters. The predicted octanol–water partition coefficient (Wildman–Crippen LogP) is 2.80. The molecule has 0 aromatic heterocycles. The van der Waals surface area contributed by atoms with Crippen LogP contribution in [0.5, 0.6) is 0 Å². The number of piperidine rings is 1. The standard InChI is InChI=1S/C13H27NO/c1-4-5-6-7-13(15)8-10-14(11-9-13)12(2)3/h12,15H,4-11H2,1-3H3. The van der Waals surface area contributed by atoms with E-state index in [-0.39, 0.29) is 5.60 Å². The van der Waals surface area contributed by atoms with Gasteiger partial charge in [-0.3, -0.25) is 0 Å². The van der Waals surface area contributed by atoms with Crippen LogP contribution in [0.3, 0.4) is 0 Å². The Labute approximate surface area is 94.7 Å². The molecule has 0 bridgehead atoms. The molecule has 1 fully saturated rings. The van der Waals surface area contributed by atoms with Crippen LogP contribution in [0.15, 0.2) is 0 Å². The zero-order valence-electron chi connectivity index (χ0n) is 10.6. The van der Waals surface area contributed by atoms with Gasteiger partial charge in [-0.25, -0.2) is 0 Å². The summed E-state index contributed by atoms with van der Waals surface area (Å²) in [5.41, 5.74) is -0.347. The first kappa shape index (κ1) is 13.0. The quantitative estimate of drug-likeness (QED) is 0.710. The lowest BCUT2D eigenvalue weighted by Gasteiger charge is -2.40. The van der Waals surface area contributed by atoms with Gasteiger partial charge in [-0.1, -0.05) is 26.2 Å². The van der Waals surface area contributed by atoms with Crippen molar-refractivity contribution in [3.05, 3.63) is 0 Å². The van der Waals surface area contributed by atoms with Gasteiger partial charge in [0.1, 0.15) is 0 Å². The minimum absolute atomic E-state index is 0.347. The van der Waals surface area contributed by atoms with Crippen molar-refractivity contribution in [3.63, 3.8) is 0 Å². The average Bonchev–Trinajstić information content (AvgIpc) is 2.18. The second-order valence-electron chi connectivity index (χ2n) is 5.31. The van der Waals surface area contributed by atoms with Crippen molar-refractivity contribution in [2.24, 2.45) is 0 Å². The number of unbranched alkanes of at least 4 members (excludes halogenated alkanes) is 2. The molecule has 1 aliphatic heterocycles. The predicted molar refractivity (Wildman–Crippen MR) is 65.0 cm³/mol. The third kappa shape index (κ3) is 4.12. The monoisotopic (exact) mass is 213 g/mol. The SMILES string of the molecule is CCCCCC1(O)CCN(C(C)C)CC1. The highest BCUT2D eigenvalue weighted by Gasteiger charge is 2.32. The van der Waals surface area contributed by atoms with Crippen LogP contribution < -0.4 is 0 Å². The van der Waals surface area contributed by atoms with Crippen molar-refractivity contribution in [1.82, 2.24) is 4.90 Å². The third-order valence-electron chi connectivity index (χ3n) is 3.70. The number of likely N-dealkylation sites (tertiary alicyclic amines) is 1. The second-order valence-corrected chi connectivity index (χ2v) is 5.31. The Bertz CT molecular complexity index is 171. The van der Waals surface area contributed by atoms with E-state index in [1.807, 2.05) is 0 Å². The highest BCUT2D eigenvalue weighted by atomic mass is 16.3. The van der Waals surface area contributed by atoms with Gasteiger partial charge in [0, 0.05) is 19.1 Å². The van der Waals surface area contributed by atoms with Crippen molar-refractivity contribution in [3.8, 4) is 0 Å². The molecule has 1 N–H and O–H groups in total. The molecule has 15 heavy (non-hydrogen) atoms. The van der Waals surface area contributed by atoms with Crippen molar-refractivity contribution < 1.29 is 5.11 Å². The van der Waals surface area contributed by atoms with Gasteiger partial charge in [0.05, 0.1) is 5.60 Å². The van der Waals surface area contributed by atoms with Crippen molar-refractivity contribution in [1.29, 1.82) is 0 Å². The first-order chi connectivity index (χ1) is 7.07. The molecule has 1 saturated heterocycles. The molecule has 0 aromatic carbocycles. The van der Waals surface area contributed by atoms with Crippen molar-refractivity contribution in [2.45, 2.75) is 70.9 Å². The molecule has 0 amide bonds. The summed E-state index contributed by atoms with van der Waals surface area (Å²) in [5, 5.41) is 10.4. The maximum absolute atomic E-state index is 10.4. The number of hydrogen-bond acceptors (Lipinski definition) is 2. The van der Waals surface area contributed by atoms with E-state index in [0.717, 1.165) is 32.4 Å². The molecule has 0 aromatic rings. The van der Waals surface area contributed by atoms with Crippen LogP contribution in [0.2, 0.25) is 0 Å². The molecular formula is C13H27NO. The van der Waals surface area contributed by atoms with Gasteiger partial charge in [-0.2, -0.15) is 0 Å². The molecule has 90 valence electrons. The van der Waals surface area contributed by atoms with Crippen LogP contribution in [0.25, 0.3) is 0 Å². The summed E-state index contributed by atoms with van der Waals surface area (Å²) in [5.74, 6) is 0. The number of hydrogen-bond donors (Lipinski definition) is 1.